The summed E-state index contributed by atoms with van der Waals surface area (Å²) >= 11 is 7.33. The van der Waals surface area contributed by atoms with Gasteiger partial charge in [0.25, 0.3) is 0 Å². The molecule has 2 aromatic carbocycles. The standard InChI is InChI=1S/C29H40Br2O3/c1-3-5-7-9-11-13-15-32-28-18-22-17-23-19-29(33-16-14-12-10-8-6-4-2)25(31)21-27(23)34-26(22)20-24(28)30/h18-21H,3-17H2,1-2H3. The molecule has 3 rings (SSSR count). The van der Waals surface area contributed by atoms with Crippen LogP contribution in [0.15, 0.2) is 33.2 Å². The van der Waals surface area contributed by atoms with Gasteiger partial charge in [-0.1, -0.05) is 78.1 Å². The maximum absolute atomic E-state index is 6.24. The second-order valence-corrected chi connectivity index (χ2v) is 11.0. The van der Waals surface area contributed by atoms with E-state index in [0.717, 1.165) is 75.5 Å². The Balaban J connectivity index is 1.54. The Labute approximate surface area is 223 Å². The van der Waals surface area contributed by atoms with Crippen LogP contribution in [0.1, 0.15) is 102 Å². The van der Waals surface area contributed by atoms with E-state index in [1.165, 1.54) is 64.2 Å². The van der Waals surface area contributed by atoms with Crippen molar-refractivity contribution in [3.63, 3.8) is 0 Å². The number of benzene rings is 2. The van der Waals surface area contributed by atoms with Crippen molar-refractivity contribution in [3.05, 3.63) is 44.3 Å². The number of hydrogen-bond donors (Lipinski definition) is 0. The summed E-state index contributed by atoms with van der Waals surface area (Å²) in [6.45, 7) is 6.01. The lowest BCUT2D eigenvalue weighted by Crippen LogP contribution is -2.06. The van der Waals surface area contributed by atoms with Gasteiger partial charge in [-0.05, 0) is 69.0 Å². The van der Waals surface area contributed by atoms with E-state index in [-0.39, 0.29) is 0 Å². The Bertz CT molecular complexity index is 826. The number of unbranched alkanes of at least 4 members (excludes halogenated alkanes) is 10. The molecule has 1 aliphatic heterocycles. The SMILES string of the molecule is CCCCCCCCOc1cc2c(cc1Br)Oc1cc(Br)c(OCCCCCCCC)cc1C2. The van der Waals surface area contributed by atoms with E-state index in [9.17, 15) is 0 Å². The van der Waals surface area contributed by atoms with E-state index >= 15 is 0 Å². The maximum Gasteiger partial charge on any atom is 0.134 e. The molecule has 5 heteroatoms. The number of ether oxygens (including phenoxy) is 3. The molecule has 1 heterocycles. The molecular weight excluding hydrogens is 556 g/mol. The van der Waals surface area contributed by atoms with E-state index in [2.05, 4.69) is 57.8 Å². The number of fused-ring (bicyclic) bond motifs is 2. The fourth-order valence-corrected chi connectivity index (χ4v) is 5.17. The van der Waals surface area contributed by atoms with Crippen LogP contribution in [0.3, 0.4) is 0 Å². The molecule has 1 aliphatic rings. The van der Waals surface area contributed by atoms with Crippen molar-refractivity contribution in [3.8, 4) is 23.0 Å². The third-order valence-electron chi connectivity index (χ3n) is 6.34. The first-order chi connectivity index (χ1) is 16.6. The fourth-order valence-electron chi connectivity index (χ4n) is 4.29. The monoisotopic (exact) mass is 594 g/mol. The molecule has 0 saturated heterocycles. The topological polar surface area (TPSA) is 27.7 Å². The van der Waals surface area contributed by atoms with Crippen LogP contribution in [-0.4, -0.2) is 13.2 Å². The van der Waals surface area contributed by atoms with Crippen LogP contribution < -0.4 is 14.2 Å². The Morgan fingerprint density at radius 3 is 1.47 bits per heavy atom. The molecule has 0 aromatic heterocycles. The van der Waals surface area contributed by atoms with Gasteiger partial charge >= 0.3 is 0 Å². The van der Waals surface area contributed by atoms with Crippen LogP contribution in [0, 0.1) is 0 Å². The van der Waals surface area contributed by atoms with Crippen LogP contribution in [0.5, 0.6) is 23.0 Å². The second-order valence-electron chi connectivity index (χ2n) is 9.29. The zero-order valence-corrected chi connectivity index (χ0v) is 24.1. The van der Waals surface area contributed by atoms with Crippen LogP contribution >= 0.6 is 31.9 Å². The molecule has 0 unspecified atom stereocenters. The molecule has 2 aromatic rings. The van der Waals surface area contributed by atoms with Crippen LogP contribution in [0.4, 0.5) is 0 Å². The first kappa shape index (κ1) is 27.4. The molecule has 0 spiro atoms. The van der Waals surface area contributed by atoms with Gasteiger partial charge in [0.15, 0.2) is 0 Å². The fraction of sp³-hybridized carbons (Fsp3) is 0.586. The number of hydrogen-bond acceptors (Lipinski definition) is 3. The van der Waals surface area contributed by atoms with Crippen molar-refractivity contribution in [1.82, 2.24) is 0 Å². The van der Waals surface area contributed by atoms with Gasteiger partial charge in [-0.3, -0.25) is 0 Å². The average Bonchev–Trinajstić information content (AvgIpc) is 2.82. The van der Waals surface area contributed by atoms with E-state index in [4.69, 9.17) is 14.2 Å². The van der Waals surface area contributed by atoms with Gasteiger partial charge in [0.1, 0.15) is 23.0 Å². The van der Waals surface area contributed by atoms with Crippen molar-refractivity contribution in [2.75, 3.05) is 13.2 Å². The summed E-state index contributed by atoms with van der Waals surface area (Å²) in [4.78, 5) is 0. The van der Waals surface area contributed by atoms with Gasteiger partial charge in [-0.15, -0.1) is 0 Å². The van der Waals surface area contributed by atoms with Gasteiger partial charge in [0.2, 0.25) is 0 Å². The van der Waals surface area contributed by atoms with Crippen LogP contribution in [0.2, 0.25) is 0 Å². The predicted octanol–water partition coefficient (Wildman–Crippen LogP) is 10.4. The molecule has 0 amide bonds. The van der Waals surface area contributed by atoms with Gasteiger partial charge < -0.3 is 14.2 Å². The zero-order chi connectivity index (χ0) is 24.2. The summed E-state index contributed by atoms with van der Waals surface area (Å²) in [5.41, 5.74) is 2.30. The van der Waals surface area contributed by atoms with Gasteiger partial charge in [-0.2, -0.15) is 0 Å². The summed E-state index contributed by atoms with van der Waals surface area (Å²) in [5, 5.41) is 0. The third-order valence-corrected chi connectivity index (χ3v) is 7.58. The molecule has 188 valence electrons. The summed E-state index contributed by atoms with van der Waals surface area (Å²) in [6.07, 6.45) is 16.0. The van der Waals surface area contributed by atoms with Crippen molar-refractivity contribution >= 4 is 31.9 Å². The predicted molar refractivity (Wildman–Crippen MR) is 149 cm³/mol. The molecule has 0 aliphatic carbocycles. The highest BCUT2D eigenvalue weighted by molar-refractivity contribution is 9.10. The van der Waals surface area contributed by atoms with Crippen molar-refractivity contribution in [2.45, 2.75) is 97.3 Å². The molecule has 3 nitrogen and oxygen atoms in total. The Morgan fingerprint density at radius 1 is 0.618 bits per heavy atom. The molecular formula is C29H40Br2O3. The number of halogens is 2. The Hall–Kier alpha value is -1.20. The second kappa shape index (κ2) is 15.0. The molecule has 0 radical (unpaired) electrons. The minimum absolute atomic E-state index is 0.754. The van der Waals surface area contributed by atoms with Crippen molar-refractivity contribution in [2.24, 2.45) is 0 Å². The van der Waals surface area contributed by atoms with E-state index < -0.39 is 0 Å². The third kappa shape index (κ3) is 8.48. The Kier molecular flexibility index (Phi) is 12.1. The van der Waals surface area contributed by atoms with Gasteiger partial charge in [0, 0.05) is 17.5 Å². The largest absolute Gasteiger partial charge is 0.492 e. The van der Waals surface area contributed by atoms with E-state index in [0.29, 0.717) is 0 Å². The molecule has 0 atom stereocenters. The van der Waals surface area contributed by atoms with Gasteiger partial charge in [-0.25, -0.2) is 0 Å². The maximum atomic E-state index is 6.24. The van der Waals surface area contributed by atoms with Crippen LogP contribution in [-0.2, 0) is 6.42 Å². The van der Waals surface area contributed by atoms with Crippen LogP contribution in [0.25, 0.3) is 0 Å². The molecule has 0 N–H and O–H groups in total. The summed E-state index contributed by atoms with van der Waals surface area (Å²) in [7, 11) is 0. The molecule has 0 fully saturated rings. The lowest BCUT2D eigenvalue weighted by Gasteiger charge is -2.23. The first-order valence-electron chi connectivity index (χ1n) is 13.2. The molecule has 34 heavy (non-hydrogen) atoms. The lowest BCUT2D eigenvalue weighted by molar-refractivity contribution is 0.300. The quantitative estimate of drug-likeness (QED) is 0.154. The number of rotatable bonds is 16. The van der Waals surface area contributed by atoms with Gasteiger partial charge in [0.05, 0.1) is 22.2 Å². The summed E-state index contributed by atoms with van der Waals surface area (Å²) in [6, 6.07) is 8.31. The highest BCUT2D eigenvalue weighted by atomic mass is 79.9. The molecule has 0 bridgehead atoms. The lowest BCUT2D eigenvalue weighted by atomic mass is 10.00. The average molecular weight is 596 g/mol. The minimum Gasteiger partial charge on any atom is -0.492 e. The summed E-state index contributed by atoms with van der Waals surface area (Å²) in [5.74, 6) is 3.57. The van der Waals surface area contributed by atoms with E-state index in [1.54, 1.807) is 0 Å². The zero-order valence-electron chi connectivity index (χ0n) is 20.9. The molecule has 0 saturated carbocycles. The summed E-state index contributed by atoms with van der Waals surface area (Å²) < 4.78 is 20.3. The highest BCUT2D eigenvalue weighted by Gasteiger charge is 2.21. The normalized spacial score (nSPS) is 12.1. The van der Waals surface area contributed by atoms with Crippen molar-refractivity contribution < 1.29 is 14.2 Å². The highest BCUT2D eigenvalue weighted by Crippen LogP contribution is 2.44. The van der Waals surface area contributed by atoms with E-state index in [1.807, 2.05) is 12.1 Å². The first-order valence-corrected chi connectivity index (χ1v) is 14.8. The smallest absolute Gasteiger partial charge is 0.134 e. The minimum atomic E-state index is 0.754. The Morgan fingerprint density at radius 2 is 1.03 bits per heavy atom. The van der Waals surface area contributed by atoms with Crippen molar-refractivity contribution in [1.29, 1.82) is 0 Å².